The summed E-state index contributed by atoms with van der Waals surface area (Å²) >= 11 is 3.38. The molecule has 0 amide bonds. The number of furan rings is 1. The number of phenols is 1. The first-order valence-corrected chi connectivity index (χ1v) is 6.17. The zero-order valence-electron chi connectivity index (χ0n) is 9.70. The Bertz CT molecular complexity index is 841. The lowest BCUT2D eigenvalue weighted by atomic mass is 9.78. The van der Waals surface area contributed by atoms with Crippen LogP contribution in [0.1, 0.15) is 0 Å². The highest BCUT2D eigenvalue weighted by molar-refractivity contribution is 9.10. The maximum atomic E-state index is 9.77. The van der Waals surface area contributed by atoms with Gasteiger partial charge in [0, 0.05) is 15.2 Å². The predicted octanol–water partition coefficient (Wildman–Crippen LogP) is -0.771. The van der Waals surface area contributed by atoms with Crippen LogP contribution in [0.2, 0.25) is 0 Å². The maximum absolute atomic E-state index is 9.77. The SMILES string of the molecule is [B]c1cc2oc3c([B])c([B])c(O)cc3c2c(Br)c1[B]. The molecule has 8 radical (unpaired) electrons. The first kappa shape index (κ1) is 12.8. The van der Waals surface area contributed by atoms with E-state index in [0.29, 0.717) is 37.3 Å². The summed E-state index contributed by atoms with van der Waals surface area (Å²) in [4.78, 5) is 0. The first-order chi connectivity index (χ1) is 8.91. The quantitative estimate of drug-likeness (QED) is 0.553. The fourth-order valence-corrected chi connectivity index (χ4v) is 2.72. The van der Waals surface area contributed by atoms with Crippen molar-refractivity contribution < 1.29 is 9.52 Å². The highest BCUT2D eigenvalue weighted by Crippen LogP contribution is 2.32. The molecule has 2 aromatic carbocycles. The van der Waals surface area contributed by atoms with E-state index in [1.54, 1.807) is 6.07 Å². The van der Waals surface area contributed by atoms with Gasteiger partial charge in [0.2, 0.25) is 0 Å². The van der Waals surface area contributed by atoms with E-state index < -0.39 is 0 Å². The Morgan fingerprint density at radius 3 is 2.37 bits per heavy atom. The molecule has 0 fully saturated rings. The van der Waals surface area contributed by atoms with Crippen molar-refractivity contribution in [3.05, 3.63) is 16.6 Å². The van der Waals surface area contributed by atoms with Crippen molar-refractivity contribution in [3.8, 4) is 5.75 Å². The van der Waals surface area contributed by atoms with Gasteiger partial charge < -0.3 is 9.52 Å². The van der Waals surface area contributed by atoms with Crippen molar-refractivity contribution >= 4 is 91.1 Å². The van der Waals surface area contributed by atoms with Crippen LogP contribution >= 0.6 is 15.9 Å². The third-order valence-electron chi connectivity index (χ3n) is 3.12. The molecule has 1 N–H and O–H groups in total. The number of aromatic hydroxyl groups is 1. The van der Waals surface area contributed by atoms with Crippen molar-refractivity contribution in [2.75, 3.05) is 0 Å². The molecular formula is C12H3B4BrO2. The van der Waals surface area contributed by atoms with Gasteiger partial charge in [0.1, 0.15) is 48.3 Å². The van der Waals surface area contributed by atoms with Crippen LogP contribution in [0.5, 0.6) is 5.75 Å². The second-order valence-corrected chi connectivity index (χ2v) is 5.06. The summed E-state index contributed by atoms with van der Waals surface area (Å²) < 4.78 is 6.26. The van der Waals surface area contributed by atoms with Gasteiger partial charge in [-0.15, -0.1) is 0 Å². The monoisotopic (exact) mass is 302 g/mol. The van der Waals surface area contributed by atoms with E-state index in [1.165, 1.54) is 6.07 Å². The topological polar surface area (TPSA) is 33.4 Å². The Morgan fingerprint density at radius 2 is 1.68 bits per heavy atom. The van der Waals surface area contributed by atoms with Crippen LogP contribution in [0, 0.1) is 0 Å². The van der Waals surface area contributed by atoms with Crippen molar-refractivity contribution in [3.63, 3.8) is 0 Å². The molecule has 1 aromatic heterocycles. The second kappa shape index (κ2) is 4.14. The lowest BCUT2D eigenvalue weighted by molar-refractivity contribution is 0.480. The molecule has 0 unspecified atom stereocenters. The van der Waals surface area contributed by atoms with Crippen LogP contribution in [0.15, 0.2) is 21.0 Å². The van der Waals surface area contributed by atoms with E-state index in [0.717, 1.165) is 0 Å². The van der Waals surface area contributed by atoms with Gasteiger partial charge in [-0.3, -0.25) is 0 Å². The molecular weight excluding hydrogens is 299 g/mol. The Balaban J connectivity index is 2.62. The van der Waals surface area contributed by atoms with Gasteiger partial charge in [0.05, 0.1) is 0 Å². The smallest absolute Gasteiger partial charge is 0.135 e. The summed E-state index contributed by atoms with van der Waals surface area (Å²) in [6.07, 6.45) is 0. The number of hydrogen-bond acceptors (Lipinski definition) is 2. The highest BCUT2D eigenvalue weighted by atomic mass is 79.9. The maximum Gasteiger partial charge on any atom is 0.135 e. The number of halogens is 1. The van der Waals surface area contributed by atoms with Gasteiger partial charge in [-0.2, -0.15) is 0 Å². The fraction of sp³-hybridized carbons (Fsp3) is 0. The molecule has 0 aliphatic rings. The molecule has 7 heteroatoms. The Kier molecular flexibility index (Phi) is 2.79. The summed E-state index contributed by atoms with van der Waals surface area (Å²) in [6, 6.07) is 3.11. The molecule has 0 spiro atoms. The molecule has 0 aliphatic carbocycles. The van der Waals surface area contributed by atoms with Crippen LogP contribution in [0.4, 0.5) is 0 Å². The van der Waals surface area contributed by atoms with Crippen LogP contribution < -0.4 is 21.9 Å². The van der Waals surface area contributed by atoms with E-state index in [4.69, 9.17) is 35.8 Å². The van der Waals surface area contributed by atoms with Crippen molar-refractivity contribution in [2.24, 2.45) is 0 Å². The van der Waals surface area contributed by atoms with Crippen LogP contribution in [-0.2, 0) is 0 Å². The number of hydrogen-bond donors (Lipinski definition) is 1. The zero-order valence-corrected chi connectivity index (χ0v) is 11.3. The number of benzene rings is 2. The minimum Gasteiger partial charge on any atom is -0.509 e. The predicted molar refractivity (Wildman–Crippen MR) is 84.6 cm³/mol. The molecule has 0 saturated carbocycles. The van der Waals surface area contributed by atoms with E-state index >= 15 is 0 Å². The van der Waals surface area contributed by atoms with Gasteiger partial charge >= 0.3 is 0 Å². The largest absolute Gasteiger partial charge is 0.509 e. The summed E-state index contributed by atoms with van der Waals surface area (Å²) in [7, 11) is 23.2. The van der Waals surface area contributed by atoms with Gasteiger partial charge in [0.15, 0.2) is 0 Å². The molecule has 1 heterocycles. The molecule has 0 atom stereocenters. The van der Waals surface area contributed by atoms with Gasteiger partial charge in [0.25, 0.3) is 0 Å². The minimum atomic E-state index is -0.102. The van der Waals surface area contributed by atoms with Crippen LogP contribution in [-0.4, -0.2) is 36.5 Å². The Labute approximate surface area is 123 Å². The van der Waals surface area contributed by atoms with E-state index in [1.807, 2.05) is 0 Å². The minimum absolute atomic E-state index is 0.0867. The number of fused-ring (bicyclic) bond motifs is 3. The van der Waals surface area contributed by atoms with Crippen LogP contribution in [0.25, 0.3) is 21.9 Å². The molecule has 0 aliphatic heterocycles. The molecule has 3 rings (SSSR count). The molecule has 0 bridgehead atoms. The third-order valence-corrected chi connectivity index (χ3v) is 3.94. The zero-order chi connectivity index (χ0) is 13.9. The van der Waals surface area contributed by atoms with Gasteiger partial charge in [-0.05, 0) is 12.1 Å². The number of phenolic OH excluding ortho intramolecular Hbond substituents is 1. The second-order valence-electron chi connectivity index (χ2n) is 4.27. The summed E-state index contributed by atoms with van der Waals surface area (Å²) in [6.45, 7) is 0. The lowest BCUT2D eigenvalue weighted by Crippen LogP contribution is -2.26. The van der Waals surface area contributed by atoms with Gasteiger partial charge in [-0.25, -0.2) is 0 Å². The third kappa shape index (κ3) is 1.67. The van der Waals surface area contributed by atoms with Crippen molar-refractivity contribution in [1.29, 1.82) is 0 Å². The average molecular weight is 302 g/mol. The Hall–Kier alpha value is -1.22. The average Bonchev–Trinajstić information content (AvgIpc) is 2.72. The lowest BCUT2D eigenvalue weighted by Gasteiger charge is -2.06. The van der Waals surface area contributed by atoms with E-state index in [2.05, 4.69) is 15.9 Å². The van der Waals surface area contributed by atoms with Crippen molar-refractivity contribution in [1.82, 2.24) is 0 Å². The first-order valence-electron chi connectivity index (χ1n) is 5.38. The molecule has 3 aromatic rings. The van der Waals surface area contributed by atoms with E-state index in [9.17, 15) is 5.11 Å². The van der Waals surface area contributed by atoms with Crippen molar-refractivity contribution in [2.45, 2.75) is 0 Å². The molecule has 82 valence electrons. The standard InChI is InChI=1S/C12H3B4BrO2/c13-4-2-6-7(11(17)8(4)14)3-1-5(18)9(15)10(16)12(3)19-6/h1-2,18H. The molecule has 0 saturated heterocycles. The highest BCUT2D eigenvalue weighted by Gasteiger charge is 2.16. The van der Waals surface area contributed by atoms with Gasteiger partial charge in [-0.1, -0.05) is 37.8 Å². The number of rotatable bonds is 0. The summed E-state index contributed by atoms with van der Waals surface area (Å²) in [5.74, 6) is -0.102. The summed E-state index contributed by atoms with van der Waals surface area (Å²) in [5, 5.41) is 11.1. The fourth-order valence-electron chi connectivity index (χ4n) is 2.08. The van der Waals surface area contributed by atoms with E-state index in [-0.39, 0.29) is 16.7 Å². The normalized spacial score (nSPS) is 11.4. The summed E-state index contributed by atoms with van der Waals surface area (Å²) in [5.41, 5.74) is 2.00. The molecule has 19 heavy (non-hydrogen) atoms. The van der Waals surface area contributed by atoms with Crippen LogP contribution in [0.3, 0.4) is 0 Å². The molecule has 2 nitrogen and oxygen atoms in total. The Morgan fingerprint density at radius 1 is 1.00 bits per heavy atom.